The van der Waals surface area contributed by atoms with Crippen LogP contribution in [-0.2, 0) is 11.3 Å². The minimum atomic E-state index is 0.434. The monoisotopic (exact) mass is 267 g/mol. The third-order valence-corrected chi connectivity index (χ3v) is 4.80. The van der Waals surface area contributed by atoms with Crippen molar-refractivity contribution in [3.05, 3.63) is 11.1 Å². The highest BCUT2D eigenvalue weighted by atomic mass is 32.1. The van der Waals surface area contributed by atoms with Gasteiger partial charge in [0.1, 0.15) is 0 Å². The summed E-state index contributed by atoms with van der Waals surface area (Å²) in [7, 11) is 1.96. The summed E-state index contributed by atoms with van der Waals surface area (Å²) in [5, 5.41) is 6.50. The summed E-state index contributed by atoms with van der Waals surface area (Å²) in [6.07, 6.45) is 5.55. The fourth-order valence-electron chi connectivity index (χ4n) is 3.02. The zero-order valence-corrected chi connectivity index (χ0v) is 11.7. The number of nitrogens with one attached hydrogen (secondary N) is 1. The van der Waals surface area contributed by atoms with Crippen molar-refractivity contribution in [1.29, 1.82) is 0 Å². The molecule has 0 bridgehead atoms. The molecule has 2 fully saturated rings. The molecule has 100 valence electrons. The second-order valence-corrected chi connectivity index (χ2v) is 5.94. The summed E-state index contributed by atoms with van der Waals surface area (Å²) in [5.74, 6) is 0. The maximum absolute atomic E-state index is 5.91. The lowest BCUT2D eigenvalue weighted by Crippen LogP contribution is -2.52. The van der Waals surface area contributed by atoms with Gasteiger partial charge in [-0.05, 0) is 19.9 Å². The molecule has 2 aliphatic rings. The van der Waals surface area contributed by atoms with E-state index in [9.17, 15) is 0 Å². The van der Waals surface area contributed by atoms with Crippen molar-refractivity contribution >= 4 is 16.5 Å². The zero-order valence-electron chi connectivity index (χ0n) is 10.9. The van der Waals surface area contributed by atoms with Gasteiger partial charge in [0.25, 0.3) is 0 Å². The van der Waals surface area contributed by atoms with Gasteiger partial charge in [0.15, 0.2) is 5.13 Å². The highest BCUT2D eigenvalue weighted by molar-refractivity contribution is 7.13. The quantitative estimate of drug-likeness (QED) is 0.909. The van der Waals surface area contributed by atoms with E-state index in [-0.39, 0.29) is 0 Å². The van der Waals surface area contributed by atoms with Gasteiger partial charge in [0, 0.05) is 18.5 Å². The Balaban J connectivity index is 1.76. The molecule has 2 atom stereocenters. The SMILES string of the molecule is CNCc1csc(N2CCOC3CCCCC32)n1. The molecule has 1 N–H and O–H groups in total. The molecule has 1 aliphatic carbocycles. The molecule has 1 aromatic heterocycles. The first-order valence-electron chi connectivity index (χ1n) is 6.86. The van der Waals surface area contributed by atoms with E-state index in [2.05, 4.69) is 15.6 Å². The number of morpholine rings is 1. The standard InChI is InChI=1S/C13H21N3OS/c1-14-8-10-9-18-13(15-10)16-6-7-17-12-5-3-2-4-11(12)16/h9,11-12,14H,2-8H2,1H3. The van der Waals surface area contributed by atoms with Crippen LogP contribution >= 0.6 is 11.3 Å². The zero-order chi connectivity index (χ0) is 12.4. The Kier molecular flexibility index (Phi) is 3.82. The molecule has 18 heavy (non-hydrogen) atoms. The number of anilines is 1. The molecule has 3 rings (SSSR count). The molecule has 0 radical (unpaired) electrons. The molecule has 4 nitrogen and oxygen atoms in total. The molecule has 2 unspecified atom stereocenters. The number of hydrogen-bond acceptors (Lipinski definition) is 5. The topological polar surface area (TPSA) is 37.4 Å². The Morgan fingerprint density at radius 1 is 1.50 bits per heavy atom. The smallest absolute Gasteiger partial charge is 0.185 e. The average molecular weight is 267 g/mol. The van der Waals surface area contributed by atoms with Crippen LogP contribution in [0, 0.1) is 0 Å². The lowest BCUT2D eigenvalue weighted by Gasteiger charge is -2.43. The number of fused-ring (bicyclic) bond motifs is 1. The number of nitrogens with zero attached hydrogens (tertiary/aromatic N) is 2. The number of rotatable bonds is 3. The first-order valence-corrected chi connectivity index (χ1v) is 7.73. The molecule has 1 aliphatic heterocycles. The van der Waals surface area contributed by atoms with Crippen LogP contribution in [0.5, 0.6) is 0 Å². The Morgan fingerprint density at radius 3 is 3.28 bits per heavy atom. The van der Waals surface area contributed by atoms with Gasteiger partial charge in [-0.1, -0.05) is 12.8 Å². The van der Waals surface area contributed by atoms with E-state index in [4.69, 9.17) is 9.72 Å². The van der Waals surface area contributed by atoms with E-state index in [0.717, 1.165) is 25.4 Å². The van der Waals surface area contributed by atoms with Crippen molar-refractivity contribution in [3.63, 3.8) is 0 Å². The van der Waals surface area contributed by atoms with E-state index in [1.54, 1.807) is 11.3 Å². The van der Waals surface area contributed by atoms with E-state index < -0.39 is 0 Å². The Morgan fingerprint density at radius 2 is 2.39 bits per heavy atom. The first kappa shape index (κ1) is 12.4. The van der Waals surface area contributed by atoms with Crippen molar-refractivity contribution < 1.29 is 4.74 Å². The van der Waals surface area contributed by atoms with Gasteiger partial charge >= 0.3 is 0 Å². The summed E-state index contributed by atoms with van der Waals surface area (Å²) in [6, 6.07) is 0.557. The minimum absolute atomic E-state index is 0.434. The lowest BCUT2D eigenvalue weighted by molar-refractivity contribution is -0.00869. The van der Waals surface area contributed by atoms with Gasteiger partial charge in [-0.3, -0.25) is 0 Å². The van der Waals surface area contributed by atoms with Crippen molar-refractivity contribution in [2.75, 3.05) is 25.1 Å². The van der Waals surface area contributed by atoms with Crippen molar-refractivity contribution in [2.24, 2.45) is 0 Å². The molecule has 1 saturated heterocycles. The highest BCUT2D eigenvalue weighted by Gasteiger charge is 2.35. The van der Waals surface area contributed by atoms with Gasteiger partial charge in [0.05, 0.1) is 24.4 Å². The van der Waals surface area contributed by atoms with Crippen molar-refractivity contribution in [3.8, 4) is 0 Å². The van der Waals surface area contributed by atoms with Crippen molar-refractivity contribution in [1.82, 2.24) is 10.3 Å². The summed E-state index contributed by atoms with van der Waals surface area (Å²) >= 11 is 1.77. The molecule has 0 spiro atoms. The Labute approximate surface area is 112 Å². The van der Waals surface area contributed by atoms with E-state index in [1.807, 2.05) is 7.05 Å². The molecule has 1 saturated carbocycles. The molecule has 1 aromatic rings. The molecule has 5 heteroatoms. The summed E-state index contributed by atoms with van der Waals surface area (Å²) in [6.45, 7) is 2.70. The summed E-state index contributed by atoms with van der Waals surface area (Å²) < 4.78 is 5.91. The molecular formula is C13H21N3OS. The average Bonchev–Trinajstić information content (AvgIpc) is 2.87. The minimum Gasteiger partial charge on any atom is -0.374 e. The van der Waals surface area contributed by atoms with E-state index in [1.165, 1.54) is 30.8 Å². The van der Waals surface area contributed by atoms with Gasteiger partial charge in [-0.2, -0.15) is 0 Å². The number of ether oxygens (including phenoxy) is 1. The predicted molar refractivity (Wildman–Crippen MR) is 74.2 cm³/mol. The first-order chi connectivity index (χ1) is 8.88. The van der Waals surface area contributed by atoms with Crippen LogP contribution in [-0.4, -0.2) is 37.3 Å². The molecule has 2 heterocycles. The van der Waals surface area contributed by atoms with Gasteiger partial charge in [-0.15, -0.1) is 11.3 Å². The van der Waals surface area contributed by atoms with Crippen LogP contribution in [0.2, 0.25) is 0 Å². The fraction of sp³-hybridized carbons (Fsp3) is 0.769. The number of thiazole rings is 1. The molecule has 0 aromatic carbocycles. The van der Waals surface area contributed by atoms with Gasteiger partial charge < -0.3 is 15.0 Å². The van der Waals surface area contributed by atoms with Crippen LogP contribution in [0.3, 0.4) is 0 Å². The largest absolute Gasteiger partial charge is 0.374 e. The number of hydrogen-bond donors (Lipinski definition) is 1. The van der Waals surface area contributed by atoms with E-state index in [0.29, 0.717) is 12.1 Å². The second kappa shape index (κ2) is 5.55. The van der Waals surface area contributed by atoms with Crippen LogP contribution in [0.4, 0.5) is 5.13 Å². The van der Waals surface area contributed by atoms with Crippen LogP contribution in [0.15, 0.2) is 5.38 Å². The Hall–Kier alpha value is -0.650. The molecular weight excluding hydrogens is 246 g/mol. The van der Waals surface area contributed by atoms with E-state index >= 15 is 0 Å². The lowest BCUT2D eigenvalue weighted by atomic mass is 9.90. The van der Waals surface area contributed by atoms with Gasteiger partial charge in [0.2, 0.25) is 0 Å². The fourth-order valence-corrected chi connectivity index (χ4v) is 3.93. The highest BCUT2D eigenvalue weighted by Crippen LogP contribution is 2.33. The summed E-state index contributed by atoms with van der Waals surface area (Å²) in [4.78, 5) is 7.22. The van der Waals surface area contributed by atoms with Gasteiger partial charge in [-0.25, -0.2) is 4.98 Å². The maximum atomic E-state index is 5.91. The summed E-state index contributed by atoms with van der Waals surface area (Å²) in [5.41, 5.74) is 1.15. The second-order valence-electron chi connectivity index (χ2n) is 5.11. The Bertz CT molecular complexity index is 393. The third kappa shape index (κ3) is 2.39. The predicted octanol–water partition coefficient (Wildman–Crippen LogP) is 2.01. The normalized spacial score (nSPS) is 28.2. The van der Waals surface area contributed by atoms with Crippen LogP contribution < -0.4 is 10.2 Å². The van der Waals surface area contributed by atoms with Crippen LogP contribution in [0.1, 0.15) is 31.4 Å². The third-order valence-electron chi connectivity index (χ3n) is 3.88. The maximum Gasteiger partial charge on any atom is 0.185 e. The van der Waals surface area contributed by atoms with Crippen LogP contribution in [0.25, 0.3) is 0 Å². The molecule has 0 amide bonds. The van der Waals surface area contributed by atoms with Crippen molar-refractivity contribution in [2.45, 2.75) is 44.4 Å². The number of aromatic nitrogens is 1.